The van der Waals surface area contributed by atoms with Crippen LogP contribution >= 0.6 is 45.2 Å². The van der Waals surface area contributed by atoms with E-state index in [1.807, 2.05) is 113 Å². The van der Waals surface area contributed by atoms with Crippen LogP contribution in [0.2, 0.25) is 0 Å². The van der Waals surface area contributed by atoms with Gasteiger partial charge in [0.05, 0.1) is 25.0 Å². The number of esters is 2. The number of hydrogen-bond acceptors (Lipinski definition) is 10. The quantitative estimate of drug-likeness (QED) is 0.0435. The van der Waals surface area contributed by atoms with Gasteiger partial charge in [-0.05, 0) is 196 Å². The van der Waals surface area contributed by atoms with Crippen LogP contribution in [0, 0.1) is 29.8 Å². The molecule has 0 spiro atoms. The number of carbonyl (C=O) groups is 8. The van der Waals surface area contributed by atoms with E-state index in [0.29, 0.717) is 62.7 Å². The summed E-state index contributed by atoms with van der Waals surface area (Å²) in [6.07, 6.45) is 4.20. The standard InChI is InChI=1S/2C31H40IN3O5/c2*1-20(2)18-24(29(38)40-5)33-30(39)31(3,4)26(19-21-10-7-6-8-11-21)34-27(36)25-12-9-17-35(25)28(37)22-13-15-23(32)16-14-22/h2*6-8,10-11,13-16,20,24-26H,9,12,17-19H2,1-5H3,(H,33,39)(H,34,36)/t2*24-,25-,26+/m00/s1. The van der Waals surface area contributed by atoms with Crippen LogP contribution in [0.15, 0.2) is 109 Å². The van der Waals surface area contributed by atoms with Crippen LogP contribution in [0.25, 0.3) is 0 Å². The van der Waals surface area contributed by atoms with Crippen LogP contribution in [0.5, 0.6) is 0 Å². The van der Waals surface area contributed by atoms with Gasteiger partial charge in [-0.25, -0.2) is 9.59 Å². The number of ether oxygens (including phenoxy) is 2. The SMILES string of the molecule is COC(=O)[C@H](CC(C)C)NC(=O)C(C)(C)[C@@H](Cc1ccccc1)NC(=O)[C@@H]1CCCN1C(=O)c1ccc(I)cc1.COC(=O)[C@H](CC(C)C)NC(=O)C(C)(C)[C@@H](Cc1ccccc1)NC(=O)[C@@H]1CCCN1C(=O)c1ccc(I)cc1. The molecule has 0 aliphatic carbocycles. The molecule has 0 unspecified atom stereocenters. The minimum absolute atomic E-state index is 0.159. The van der Waals surface area contributed by atoms with Crippen LogP contribution in [-0.4, -0.2) is 121 Å². The predicted molar refractivity (Wildman–Crippen MR) is 325 cm³/mol. The summed E-state index contributed by atoms with van der Waals surface area (Å²) >= 11 is 4.38. The van der Waals surface area contributed by atoms with Gasteiger partial charge in [0.2, 0.25) is 23.6 Å². The van der Waals surface area contributed by atoms with E-state index in [4.69, 9.17) is 9.47 Å². The maximum absolute atomic E-state index is 13.7. The zero-order valence-corrected chi connectivity index (χ0v) is 52.1. The Balaban J connectivity index is 0.000000294. The lowest BCUT2D eigenvalue weighted by Gasteiger charge is -2.36. The largest absolute Gasteiger partial charge is 0.467 e. The maximum atomic E-state index is 13.7. The molecule has 0 bridgehead atoms. The fourth-order valence-corrected chi connectivity index (χ4v) is 10.7. The Morgan fingerprint density at radius 3 is 1.14 bits per heavy atom. The summed E-state index contributed by atoms with van der Waals surface area (Å²) in [4.78, 5) is 109. The molecular weight excluding hydrogens is 1240 g/mol. The van der Waals surface area contributed by atoms with E-state index in [-0.39, 0.29) is 47.3 Å². The van der Waals surface area contributed by atoms with E-state index in [2.05, 4.69) is 66.4 Å². The van der Waals surface area contributed by atoms with Gasteiger partial charge in [0.15, 0.2) is 0 Å². The Kier molecular flexibility index (Phi) is 24.5. The monoisotopic (exact) mass is 1320 g/mol. The number of benzene rings is 4. The van der Waals surface area contributed by atoms with Crippen molar-refractivity contribution >= 4 is 92.6 Å². The van der Waals surface area contributed by atoms with E-state index >= 15 is 0 Å². The summed E-state index contributed by atoms with van der Waals surface area (Å²) < 4.78 is 11.9. The van der Waals surface area contributed by atoms with Gasteiger partial charge < -0.3 is 40.5 Å². The molecule has 16 nitrogen and oxygen atoms in total. The normalized spacial score (nSPS) is 16.8. The molecule has 18 heteroatoms. The molecule has 2 fully saturated rings. The first-order valence-corrected chi connectivity index (χ1v) is 29.6. The highest BCUT2D eigenvalue weighted by Gasteiger charge is 2.45. The van der Waals surface area contributed by atoms with Crippen LogP contribution in [-0.2, 0) is 51.1 Å². The number of amides is 6. The maximum Gasteiger partial charge on any atom is 0.328 e. The average Bonchev–Trinajstić information content (AvgIpc) is 4.17. The number of methoxy groups -OCH3 is 2. The molecule has 4 aromatic rings. The minimum Gasteiger partial charge on any atom is -0.467 e. The number of rotatable bonds is 22. The van der Waals surface area contributed by atoms with Crippen LogP contribution in [0.1, 0.15) is 126 Å². The summed E-state index contributed by atoms with van der Waals surface area (Å²) in [6.45, 7) is 15.9. The smallest absolute Gasteiger partial charge is 0.328 e. The molecule has 0 radical (unpaired) electrons. The first-order valence-electron chi connectivity index (χ1n) is 27.5. The second-order valence-electron chi connectivity index (χ2n) is 22.6. The molecule has 432 valence electrons. The Morgan fingerprint density at radius 1 is 0.512 bits per heavy atom. The second-order valence-corrected chi connectivity index (χ2v) is 25.1. The zero-order chi connectivity index (χ0) is 58.9. The van der Waals surface area contributed by atoms with Crippen molar-refractivity contribution in [3.05, 3.63) is 139 Å². The molecular formula is C62H80I2N6O10. The fourth-order valence-electron chi connectivity index (χ4n) is 9.95. The number of halogens is 2. The lowest BCUT2D eigenvalue weighted by molar-refractivity contribution is -0.147. The van der Waals surface area contributed by atoms with Crippen molar-refractivity contribution in [3.63, 3.8) is 0 Å². The highest BCUT2D eigenvalue weighted by atomic mass is 127. The summed E-state index contributed by atoms with van der Waals surface area (Å²) in [5, 5.41) is 12.0. The van der Waals surface area contributed by atoms with Gasteiger partial charge in [0.25, 0.3) is 11.8 Å². The van der Waals surface area contributed by atoms with Gasteiger partial charge in [0.1, 0.15) is 24.2 Å². The van der Waals surface area contributed by atoms with Gasteiger partial charge in [-0.3, -0.25) is 28.8 Å². The minimum atomic E-state index is -1.09. The first-order chi connectivity index (χ1) is 37.9. The predicted octanol–water partition coefficient (Wildman–Crippen LogP) is 8.71. The number of likely N-dealkylation sites (tertiary alicyclic amines) is 2. The topological polar surface area (TPSA) is 210 Å². The molecule has 6 amide bonds. The molecule has 6 atom stereocenters. The third-order valence-electron chi connectivity index (χ3n) is 14.9. The molecule has 2 saturated heterocycles. The van der Waals surface area contributed by atoms with Crippen molar-refractivity contribution in [1.29, 1.82) is 0 Å². The molecule has 2 aliphatic heterocycles. The van der Waals surface area contributed by atoms with E-state index in [0.717, 1.165) is 31.1 Å². The van der Waals surface area contributed by atoms with Crippen molar-refractivity contribution in [1.82, 2.24) is 31.1 Å². The van der Waals surface area contributed by atoms with E-state index in [9.17, 15) is 38.4 Å². The van der Waals surface area contributed by atoms with Crippen molar-refractivity contribution < 1.29 is 47.8 Å². The highest BCUT2D eigenvalue weighted by molar-refractivity contribution is 14.1. The molecule has 4 aromatic carbocycles. The van der Waals surface area contributed by atoms with E-state index < -0.39 is 59.0 Å². The van der Waals surface area contributed by atoms with Crippen molar-refractivity contribution in [2.24, 2.45) is 22.7 Å². The fraction of sp³-hybridized carbons (Fsp3) is 0.484. The number of nitrogens with one attached hydrogen (secondary N) is 4. The Bertz CT molecular complexity index is 2550. The van der Waals surface area contributed by atoms with Gasteiger partial charge in [-0.1, -0.05) is 88.4 Å². The average molecular weight is 1320 g/mol. The lowest BCUT2D eigenvalue weighted by Crippen LogP contribution is -2.58. The van der Waals surface area contributed by atoms with Gasteiger partial charge >= 0.3 is 11.9 Å². The van der Waals surface area contributed by atoms with Crippen LogP contribution in [0.3, 0.4) is 0 Å². The third kappa shape index (κ3) is 18.1. The molecule has 2 aliphatic rings. The van der Waals surface area contributed by atoms with Crippen LogP contribution < -0.4 is 21.3 Å². The summed E-state index contributed by atoms with van der Waals surface area (Å²) in [6, 6.07) is 29.8. The van der Waals surface area contributed by atoms with Gasteiger partial charge in [-0.2, -0.15) is 0 Å². The van der Waals surface area contributed by atoms with Crippen molar-refractivity contribution in [3.8, 4) is 0 Å². The Labute approximate surface area is 499 Å². The second kappa shape index (κ2) is 30.2. The van der Waals surface area contributed by atoms with E-state index in [1.54, 1.807) is 61.8 Å². The number of hydrogen-bond donors (Lipinski definition) is 4. The summed E-state index contributed by atoms with van der Waals surface area (Å²) in [5.74, 6) is -2.34. The summed E-state index contributed by atoms with van der Waals surface area (Å²) in [5.41, 5.74) is 0.827. The Morgan fingerprint density at radius 2 is 0.838 bits per heavy atom. The van der Waals surface area contributed by atoms with E-state index in [1.165, 1.54) is 14.2 Å². The van der Waals surface area contributed by atoms with Crippen LogP contribution in [0.4, 0.5) is 0 Å². The molecule has 80 heavy (non-hydrogen) atoms. The zero-order valence-electron chi connectivity index (χ0n) is 47.8. The molecule has 0 saturated carbocycles. The first kappa shape index (κ1) is 64.9. The van der Waals surface area contributed by atoms with Crippen molar-refractivity contribution in [2.45, 2.75) is 143 Å². The number of carbonyl (C=O) groups excluding carboxylic acids is 8. The molecule has 4 N–H and O–H groups in total. The highest BCUT2D eigenvalue weighted by Crippen LogP contribution is 2.30. The van der Waals surface area contributed by atoms with Gasteiger partial charge in [-0.15, -0.1) is 0 Å². The van der Waals surface area contributed by atoms with Gasteiger partial charge in [0, 0.05) is 43.4 Å². The third-order valence-corrected chi connectivity index (χ3v) is 16.4. The lowest BCUT2D eigenvalue weighted by atomic mass is 9.79. The Hall–Kier alpha value is -5.90. The molecule has 0 aromatic heterocycles. The molecule has 2 heterocycles. The molecule has 6 rings (SSSR count). The van der Waals surface area contributed by atoms with Crippen molar-refractivity contribution in [2.75, 3.05) is 27.3 Å². The summed E-state index contributed by atoms with van der Waals surface area (Å²) in [7, 11) is 2.60. The number of nitrogens with zero attached hydrogens (tertiary/aromatic N) is 2.